The fourth-order valence-electron chi connectivity index (χ4n) is 1.77. The number of nitrogens with two attached hydrogens (primary N) is 1. The Hall–Kier alpha value is -0.940. The van der Waals surface area contributed by atoms with Crippen molar-refractivity contribution in [3.63, 3.8) is 0 Å². The lowest BCUT2D eigenvalue weighted by atomic mass is 9.95. The SMILES string of the molecule is COc1c(Cl)cc(C(F)(F)F)cc1C(C)CCN. The molecule has 1 atom stereocenters. The summed E-state index contributed by atoms with van der Waals surface area (Å²) in [6, 6.07) is 1.95. The van der Waals surface area contributed by atoms with Gasteiger partial charge in [0.05, 0.1) is 17.7 Å². The van der Waals surface area contributed by atoms with Crippen molar-refractivity contribution in [1.29, 1.82) is 0 Å². The molecule has 0 heterocycles. The lowest BCUT2D eigenvalue weighted by molar-refractivity contribution is -0.137. The molecule has 0 aliphatic carbocycles. The molecule has 0 saturated heterocycles. The molecular formula is C12H15ClF3NO. The van der Waals surface area contributed by atoms with Gasteiger partial charge in [-0.3, -0.25) is 0 Å². The van der Waals surface area contributed by atoms with Crippen molar-refractivity contribution >= 4 is 11.6 Å². The van der Waals surface area contributed by atoms with Crippen LogP contribution >= 0.6 is 11.6 Å². The molecule has 1 rings (SSSR count). The third-order valence-electron chi connectivity index (χ3n) is 2.73. The molecule has 1 aromatic carbocycles. The van der Waals surface area contributed by atoms with Crippen LogP contribution in [0.25, 0.3) is 0 Å². The van der Waals surface area contributed by atoms with Gasteiger partial charge in [0.25, 0.3) is 0 Å². The Kier molecular flexibility index (Phi) is 4.87. The van der Waals surface area contributed by atoms with E-state index < -0.39 is 11.7 Å². The maximum absolute atomic E-state index is 12.7. The molecule has 1 aromatic rings. The Labute approximate surface area is 109 Å². The summed E-state index contributed by atoms with van der Waals surface area (Å²) in [4.78, 5) is 0. The van der Waals surface area contributed by atoms with Gasteiger partial charge in [-0.05, 0) is 36.6 Å². The van der Waals surface area contributed by atoms with Crippen molar-refractivity contribution in [2.24, 2.45) is 5.73 Å². The predicted octanol–water partition coefficient (Wildman–Crippen LogP) is 3.82. The number of ether oxygens (including phenoxy) is 1. The largest absolute Gasteiger partial charge is 0.495 e. The highest BCUT2D eigenvalue weighted by Gasteiger charge is 2.32. The second-order valence-electron chi connectivity index (χ2n) is 4.06. The Morgan fingerprint density at radius 2 is 2.00 bits per heavy atom. The zero-order valence-electron chi connectivity index (χ0n) is 10.1. The first-order valence-corrected chi connectivity index (χ1v) is 5.83. The molecule has 0 spiro atoms. The monoisotopic (exact) mass is 281 g/mol. The molecule has 0 amide bonds. The Morgan fingerprint density at radius 3 is 2.44 bits per heavy atom. The van der Waals surface area contributed by atoms with Crippen LogP contribution in [0.1, 0.15) is 30.4 Å². The van der Waals surface area contributed by atoms with Crippen LogP contribution in [0.4, 0.5) is 13.2 Å². The van der Waals surface area contributed by atoms with E-state index in [1.54, 1.807) is 6.92 Å². The van der Waals surface area contributed by atoms with E-state index in [9.17, 15) is 13.2 Å². The Balaban J connectivity index is 3.32. The molecule has 0 aromatic heterocycles. The van der Waals surface area contributed by atoms with Crippen molar-refractivity contribution in [3.8, 4) is 5.75 Å². The maximum Gasteiger partial charge on any atom is 0.416 e. The van der Waals surface area contributed by atoms with E-state index >= 15 is 0 Å². The molecule has 2 N–H and O–H groups in total. The number of rotatable bonds is 4. The molecule has 0 aliphatic rings. The molecule has 0 fully saturated rings. The van der Waals surface area contributed by atoms with Crippen molar-refractivity contribution < 1.29 is 17.9 Å². The molecule has 102 valence electrons. The van der Waals surface area contributed by atoms with Gasteiger partial charge < -0.3 is 10.5 Å². The summed E-state index contributed by atoms with van der Waals surface area (Å²) in [5.74, 6) is 0.135. The first kappa shape index (κ1) is 15.1. The van der Waals surface area contributed by atoms with Gasteiger partial charge in [0.15, 0.2) is 0 Å². The van der Waals surface area contributed by atoms with Gasteiger partial charge in [0.2, 0.25) is 0 Å². The van der Waals surface area contributed by atoms with Crippen LogP contribution in [-0.4, -0.2) is 13.7 Å². The Bertz CT molecular complexity index is 421. The summed E-state index contributed by atoms with van der Waals surface area (Å²) >= 11 is 5.83. The quantitative estimate of drug-likeness (QED) is 0.910. The van der Waals surface area contributed by atoms with Gasteiger partial charge in [-0.2, -0.15) is 13.2 Å². The zero-order valence-corrected chi connectivity index (χ0v) is 10.9. The van der Waals surface area contributed by atoms with Gasteiger partial charge in [0, 0.05) is 0 Å². The third kappa shape index (κ3) is 3.29. The summed E-state index contributed by atoms with van der Waals surface area (Å²) < 4.78 is 43.2. The minimum atomic E-state index is -4.42. The van der Waals surface area contributed by atoms with Crippen LogP contribution in [0.3, 0.4) is 0 Å². The van der Waals surface area contributed by atoms with Gasteiger partial charge in [-0.1, -0.05) is 18.5 Å². The summed E-state index contributed by atoms with van der Waals surface area (Å²) in [5.41, 5.74) is 5.09. The van der Waals surface area contributed by atoms with Crippen molar-refractivity contribution in [2.75, 3.05) is 13.7 Å². The minimum Gasteiger partial charge on any atom is -0.495 e. The topological polar surface area (TPSA) is 35.2 Å². The average Bonchev–Trinajstić information content (AvgIpc) is 2.27. The smallest absolute Gasteiger partial charge is 0.416 e. The van der Waals surface area contributed by atoms with Gasteiger partial charge in [-0.25, -0.2) is 0 Å². The fourth-order valence-corrected chi connectivity index (χ4v) is 2.07. The minimum absolute atomic E-state index is 0.0359. The molecule has 1 unspecified atom stereocenters. The van der Waals surface area contributed by atoms with Crippen LogP contribution in [0.2, 0.25) is 5.02 Å². The van der Waals surface area contributed by atoms with Crippen molar-refractivity contribution in [1.82, 2.24) is 0 Å². The first-order chi connectivity index (χ1) is 8.31. The van der Waals surface area contributed by atoms with Crippen molar-refractivity contribution in [3.05, 3.63) is 28.3 Å². The zero-order chi connectivity index (χ0) is 13.9. The lowest BCUT2D eigenvalue weighted by Gasteiger charge is -2.18. The van der Waals surface area contributed by atoms with Crippen LogP contribution in [0.5, 0.6) is 5.75 Å². The fraction of sp³-hybridized carbons (Fsp3) is 0.500. The summed E-state index contributed by atoms with van der Waals surface area (Å²) in [6.45, 7) is 2.18. The number of halogens is 4. The standard InChI is InChI=1S/C12H15ClF3NO/c1-7(3-4-17)9-5-8(12(14,15)16)6-10(13)11(9)18-2/h5-7H,3-4,17H2,1-2H3. The maximum atomic E-state index is 12.7. The van der Waals surface area contributed by atoms with E-state index in [1.807, 2.05) is 0 Å². The number of benzene rings is 1. The second kappa shape index (κ2) is 5.80. The molecular weight excluding hydrogens is 267 g/mol. The number of methoxy groups -OCH3 is 1. The van der Waals surface area contributed by atoms with E-state index in [-0.39, 0.29) is 16.7 Å². The van der Waals surface area contributed by atoms with Gasteiger partial charge in [0.1, 0.15) is 5.75 Å². The summed E-state index contributed by atoms with van der Waals surface area (Å²) in [6.07, 6.45) is -3.86. The highest BCUT2D eigenvalue weighted by atomic mass is 35.5. The van der Waals surface area contributed by atoms with E-state index in [4.69, 9.17) is 22.1 Å². The van der Waals surface area contributed by atoms with Crippen molar-refractivity contribution in [2.45, 2.75) is 25.4 Å². The van der Waals surface area contributed by atoms with E-state index in [0.717, 1.165) is 12.1 Å². The first-order valence-electron chi connectivity index (χ1n) is 5.46. The number of hydrogen-bond acceptors (Lipinski definition) is 2. The summed E-state index contributed by atoms with van der Waals surface area (Å²) in [7, 11) is 1.38. The second-order valence-corrected chi connectivity index (χ2v) is 4.46. The summed E-state index contributed by atoms with van der Waals surface area (Å²) in [5, 5.41) is -0.0359. The average molecular weight is 282 g/mol. The van der Waals surface area contributed by atoms with Crippen LogP contribution in [0, 0.1) is 0 Å². The molecule has 6 heteroatoms. The van der Waals surface area contributed by atoms with Gasteiger partial charge >= 0.3 is 6.18 Å². The van der Waals surface area contributed by atoms with Crippen LogP contribution in [0.15, 0.2) is 12.1 Å². The number of hydrogen-bond donors (Lipinski definition) is 1. The molecule has 0 saturated carbocycles. The van der Waals surface area contributed by atoms with E-state index in [1.165, 1.54) is 7.11 Å². The number of alkyl halides is 3. The normalized spacial score (nSPS) is 13.5. The predicted molar refractivity (Wildman–Crippen MR) is 65.1 cm³/mol. The molecule has 0 aliphatic heterocycles. The van der Waals surface area contributed by atoms with Crippen LogP contribution in [-0.2, 0) is 6.18 Å². The van der Waals surface area contributed by atoms with Gasteiger partial charge in [-0.15, -0.1) is 0 Å². The molecule has 0 radical (unpaired) electrons. The van der Waals surface area contributed by atoms with E-state index in [2.05, 4.69) is 0 Å². The third-order valence-corrected chi connectivity index (χ3v) is 3.02. The molecule has 18 heavy (non-hydrogen) atoms. The van der Waals surface area contributed by atoms with Crippen LogP contribution < -0.4 is 10.5 Å². The molecule has 0 bridgehead atoms. The Morgan fingerprint density at radius 1 is 1.39 bits per heavy atom. The van der Waals surface area contributed by atoms with E-state index in [0.29, 0.717) is 18.5 Å². The highest BCUT2D eigenvalue weighted by molar-refractivity contribution is 6.32. The molecule has 2 nitrogen and oxygen atoms in total. The highest BCUT2D eigenvalue weighted by Crippen LogP contribution is 2.40. The lowest BCUT2D eigenvalue weighted by Crippen LogP contribution is -2.10.